The Labute approximate surface area is 212 Å². The van der Waals surface area contributed by atoms with Crippen LogP contribution in [0.4, 0.5) is 10.5 Å². The molecule has 0 unspecified atom stereocenters. The predicted molar refractivity (Wildman–Crippen MR) is 132 cm³/mol. The van der Waals surface area contributed by atoms with Gasteiger partial charge in [-0.15, -0.1) is 0 Å². The standard InChI is InChI=1S/C25H19ClN2O7S/c1-15-6-10-20(11-7-15)36(32,33)35-22-14-19(34-2)9-8-16(22)12-21-23(29)27-25(31)28(24(21)30)18-5-3-4-17(26)13-18/h3-14H,1-2H3,(H,27,29,31)/b21-12+. The van der Waals surface area contributed by atoms with E-state index in [1.165, 1.54) is 49.6 Å². The van der Waals surface area contributed by atoms with Crippen LogP contribution in [0.5, 0.6) is 11.5 Å². The molecule has 0 atom stereocenters. The van der Waals surface area contributed by atoms with E-state index >= 15 is 0 Å². The molecular weight excluding hydrogens is 508 g/mol. The smallest absolute Gasteiger partial charge is 0.339 e. The number of halogens is 1. The van der Waals surface area contributed by atoms with Gasteiger partial charge < -0.3 is 8.92 Å². The lowest BCUT2D eigenvalue weighted by molar-refractivity contribution is -0.122. The largest absolute Gasteiger partial charge is 0.497 e. The molecule has 1 saturated heterocycles. The maximum absolute atomic E-state index is 13.2. The van der Waals surface area contributed by atoms with E-state index in [0.717, 1.165) is 16.5 Å². The lowest BCUT2D eigenvalue weighted by Gasteiger charge is -2.26. The summed E-state index contributed by atoms with van der Waals surface area (Å²) in [5, 5.41) is 2.38. The normalized spacial score (nSPS) is 15.1. The molecule has 9 nitrogen and oxygen atoms in total. The van der Waals surface area contributed by atoms with E-state index in [2.05, 4.69) is 5.32 Å². The summed E-state index contributed by atoms with van der Waals surface area (Å²) < 4.78 is 36.3. The van der Waals surface area contributed by atoms with E-state index in [4.69, 9.17) is 20.5 Å². The van der Waals surface area contributed by atoms with Crippen LogP contribution >= 0.6 is 11.6 Å². The minimum atomic E-state index is -4.26. The summed E-state index contributed by atoms with van der Waals surface area (Å²) in [6, 6.07) is 15.3. The molecule has 0 aliphatic carbocycles. The number of ether oxygens (including phenoxy) is 1. The third kappa shape index (κ3) is 5.09. The number of urea groups is 1. The zero-order chi connectivity index (χ0) is 26.0. The second-order valence-corrected chi connectivity index (χ2v) is 9.67. The summed E-state index contributed by atoms with van der Waals surface area (Å²) in [4.78, 5) is 38.9. The van der Waals surface area contributed by atoms with Crippen molar-refractivity contribution in [1.29, 1.82) is 0 Å². The highest BCUT2D eigenvalue weighted by molar-refractivity contribution is 7.87. The Morgan fingerprint density at radius 1 is 0.972 bits per heavy atom. The molecule has 1 aliphatic rings. The number of methoxy groups -OCH3 is 1. The second-order valence-electron chi connectivity index (χ2n) is 7.69. The molecule has 4 amide bonds. The van der Waals surface area contributed by atoms with Crippen LogP contribution in [0.2, 0.25) is 5.02 Å². The van der Waals surface area contributed by atoms with Crippen LogP contribution in [0, 0.1) is 6.92 Å². The van der Waals surface area contributed by atoms with Gasteiger partial charge in [0.25, 0.3) is 11.8 Å². The molecule has 36 heavy (non-hydrogen) atoms. The summed E-state index contributed by atoms with van der Waals surface area (Å²) in [6.07, 6.45) is 1.14. The molecule has 184 valence electrons. The van der Waals surface area contributed by atoms with Gasteiger partial charge in [-0.25, -0.2) is 9.69 Å². The van der Waals surface area contributed by atoms with Crippen molar-refractivity contribution in [2.45, 2.75) is 11.8 Å². The highest BCUT2D eigenvalue weighted by Crippen LogP contribution is 2.31. The van der Waals surface area contributed by atoms with Crippen LogP contribution in [0.1, 0.15) is 11.1 Å². The number of rotatable bonds is 6. The number of hydrogen-bond donors (Lipinski definition) is 1. The van der Waals surface area contributed by atoms with Gasteiger partial charge in [0, 0.05) is 16.7 Å². The van der Waals surface area contributed by atoms with Gasteiger partial charge in [0.2, 0.25) is 0 Å². The second kappa shape index (κ2) is 9.84. The summed E-state index contributed by atoms with van der Waals surface area (Å²) in [6.45, 7) is 1.81. The number of barbiturate groups is 1. The molecule has 1 fully saturated rings. The number of carbonyl (C=O) groups excluding carboxylic acids is 3. The number of nitrogens with zero attached hydrogens (tertiary/aromatic N) is 1. The van der Waals surface area contributed by atoms with Gasteiger partial charge in [0.15, 0.2) is 5.75 Å². The Bertz CT molecular complexity index is 1520. The van der Waals surface area contributed by atoms with Crippen molar-refractivity contribution in [3.63, 3.8) is 0 Å². The van der Waals surface area contributed by atoms with E-state index in [9.17, 15) is 22.8 Å². The van der Waals surface area contributed by atoms with Crippen molar-refractivity contribution < 1.29 is 31.7 Å². The molecule has 1 N–H and O–H groups in total. The Balaban J connectivity index is 1.76. The third-order valence-electron chi connectivity index (χ3n) is 5.20. The van der Waals surface area contributed by atoms with Crippen LogP contribution in [-0.2, 0) is 19.7 Å². The van der Waals surface area contributed by atoms with E-state index in [1.807, 2.05) is 6.92 Å². The average Bonchev–Trinajstić information content (AvgIpc) is 2.82. The maximum atomic E-state index is 13.2. The fraction of sp³-hybridized carbons (Fsp3) is 0.0800. The Kier molecular flexibility index (Phi) is 6.82. The Morgan fingerprint density at radius 2 is 1.69 bits per heavy atom. The van der Waals surface area contributed by atoms with Crippen molar-refractivity contribution in [3.8, 4) is 11.5 Å². The molecule has 11 heteroatoms. The van der Waals surface area contributed by atoms with Gasteiger partial charge >= 0.3 is 16.1 Å². The molecule has 1 heterocycles. The minimum absolute atomic E-state index is 0.0845. The van der Waals surface area contributed by atoms with Gasteiger partial charge in [0.1, 0.15) is 16.2 Å². The number of carbonyl (C=O) groups is 3. The zero-order valence-corrected chi connectivity index (χ0v) is 20.6. The molecule has 0 bridgehead atoms. The molecule has 3 aromatic carbocycles. The van der Waals surface area contributed by atoms with Crippen molar-refractivity contribution in [2.24, 2.45) is 0 Å². The van der Waals surface area contributed by atoms with Gasteiger partial charge in [0.05, 0.1) is 12.8 Å². The maximum Gasteiger partial charge on any atom is 0.339 e. The molecule has 1 aliphatic heterocycles. The quantitative estimate of drug-likeness (QED) is 0.292. The Morgan fingerprint density at radius 3 is 2.36 bits per heavy atom. The van der Waals surface area contributed by atoms with Crippen molar-refractivity contribution in [3.05, 3.63) is 88.5 Å². The van der Waals surface area contributed by atoms with Crippen LogP contribution in [0.15, 0.2) is 77.2 Å². The number of benzene rings is 3. The molecule has 0 aromatic heterocycles. The fourth-order valence-electron chi connectivity index (χ4n) is 3.37. The summed E-state index contributed by atoms with van der Waals surface area (Å²) in [5.74, 6) is -1.78. The van der Waals surface area contributed by atoms with Crippen LogP contribution in [0.25, 0.3) is 6.08 Å². The first-order valence-corrected chi connectivity index (χ1v) is 12.2. The number of hydrogen-bond acceptors (Lipinski definition) is 7. The number of anilines is 1. The van der Waals surface area contributed by atoms with Gasteiger partial charge in [-0.1, -0.05) is 35.4 Å². The number of imide groups is 2. The number of aryl methyl sites for hydroxylation is 1. The van der Waals surface area contributed by atoms with Crippen LogP contribution in [-0.4, -0.2) is 33.4 Å². The highest BCUT2D eigenvalue weighted by atomic mass is 35.5. The SMILES string of the molecule is COc1ccc(/C=C2\C(=O)NC(=O)N(c3cccc(Cl)c3)C2=O)c(OS(=O)(=O)c2ccc(C)cc2)c1. The molecule has 0 spiro atoms. The molecule has 3 aromatic rings. The molecular formula is C25H19ClN2O7S. The van der Waals surface area contributed by atoms with Crippen LogP contribution < -0.4 is 19.1 Å². The first-order valence-electron chi connectivity index (χ1n) is 10.5. The third-order valence-corrected chi connectivity index (χ3v) is 6.68. The summed E-state index contributed by atoms with van der Waals surface area (Å²) in [5.41, 5.74) is 0.681. The lowest BCUT2D eigenvalue weighted by Crippen LogP contribution is -2.54. The first-order chi connectivity index (χ1) is 17.1. The van der Waals surface area contributed by atoms with E-state index in [-0.39, 0.29) is 32.7 Å². The average molecular weight is 527 g/mol. The number of amides is 4. The summed E-state index contributed by atoms with van der Waals surface area (Å²) in [7, 11) is -2.88. The molecule has 0 radical (unpaired) electrons. The van der Waals surface area contributed by atoms with Gasteiger partial charge in [-0.3, -0.25) is 14.9 Å². The monoisotopic (exact) mass is 526 g/mol. The highest BCUT2D eigenvalue weighted by Gasteiger charge is 2.37. The lowest BCUT2D eigenvalue weighted by atomic mass is 10.1. The first kappa shape index (κ1) is 25.0. The topological polar surface area (TPSA) is 119 Å². The summed E-state index contributed by atoms with van der Waals surface area (Å²) >= 11 is 5.99. The predicted octanol–water partition coefficient (Wildman–Crippen LogP) is 4.09. The van der Waals surface area contributed by atoms with E-state index in [0.29, 0.717) is 0 Å². The molecule has 0 saturated carbocycles. The Hall–Kier alpha value is -4.15. The molecule has 4 rings (SSSR count). The van der Waals surface area contributed by atoms with E-state index in [1.54, 1.807) is 24.3 Å². The minimum Gasteiger partial charge on any atom is -0.497 e. The zero-order valence-electron chi connectivity index (χ0n) is 19.0. The van der Waals surface area contributed by atoms with Crippen molar-refractivity contribution in [1.82, 2.24) is 5.32 Å². The van der Waals surface area contributed by atoms with Crippen molar-refractivity contribution >= 4 is 51.3 Å². The van der Waals surface area contributed by atoms with Crippen LogP contribution in [0.3, 0.4) is 0 Å². The number of nitrogens with one attached hydrogen (secondary N) is 1. The van der Waals surface area contributed by atoms with Gasteiger partial charge in [-0.05, 0) is 55.5 Å². The van der Waals surface area contributed by atoms with Gasteiger partial charge in [-0.2, -0.15) is 8.42 Å². The van der Waals surface area contributed by atoms with Crippen molar-refractivity contribution in [2.75, 3.05) is 12.0 Å². The fourth-order valence-corrected chi connectivity index (χ4v) is 4.50. The van der Waals surface area contributed by atoms with E-state index < -0.39 is 33.5 Å².